The number of nitrogens with zero attached hydrogens (tertiary/aromatic N) is 2. The number of para-hydroxylation sites is 1. The topological polar surface area (TPSA) is 54.9 Å². The molecule has 0 aliphatic carbocycles. The molecular formula is C15H16F3N3OS. The molecule has 2 rings (SSSR count). The summed E-state index contributed by atoms with van der Waals surface area (Å²) in [7, 11) is 0. The van der Waals surface area contributed by atoms with Gasteiger partial charge in [0.05, 0.1) is 10.8 Å². The van der Waals surface area contributed by atoms with Gasteiger partial charge in [0.2, 0.25) is 11.7 Å². The van der Waals surface area contributed by atoms with Crippen molar-refractivity contribution in [2.24, 2.45) is 0 Å². The predicted octanol–water partition coefficient (Wildman–Crippen LogP) is 3.66. The third-order valence-corrected chi connectivity index (χ3v) is 4.13. The Morgan fingerprint density at radius 2 is 2.00 bits per heavy atom. The maximum Gasteiger partial charge on any atom is 0.451 e. The Bertz CT molecular complexity index is 706. The van der Waals surface area contributed by atoms with E-state index in [-0.39, 0.29) is 16.4 Å². The standard InChI is InChI=1S/C15H16F3N3OS/c1-3-8-19-12(22)9(2)23-13-10-6-4-5-7-11(10)20-14(21-13)15(16,17)18/h4-7,9H,3,8H2,1-2H3,(H,19,22). The van der Waals surface area contributed by atoms with E-state index in [0.29, 0.717) is 11.9 Å². The van der Waals surface area contributed by atoms with Crippen LogP contribution in [0, 0.1) is 0 Å². The van der Waals surface area contributed by atoms with E-state index < -0.39 is 17.3 Å². The van der Waals surface area contributed by atoms with Crippen molar-refractivity contribution in [2.75, 3.05) is 6.54 Å². The van der Waals surface area contributed by atoms with Crippen LogP contribution >= 0.6 is 11.8 Å². The minimum Gasteiger partial charge on any atom is -0.355 e. The molecule has 0 fully saturated rings. The highest BCUT2D eigenvalue weighted by Gasteiger charge is 2.35. The number of benzene rings is 1. The summed E-state index contributed by atoms with van der Waals surface area (Å²) in [5.74, 6) is -1.42. The van der Waals surface area contributed by atoms with Gasteiger partial charge in [0.25, 0.3) is 0 Å². The zero-order chi connectivity index (χ0) is 17.0. The zero-order valence-corrected chi connectivity index (χ0v) is 13.5. The second-order valence-electron chi connectivity index (χ2n) is 4.92. The highest BCUT2D eigenvalue weighted by atomic mass is 32.2. The van der Waals surface area contributed by atoms with E-state index in [9.17, 15) is 18.0 Å². The van der Waals surface area contributed by atoms with Crippen LogP contribution in [-0.2, 0) is 11.0 Å². The van der Waals surface area contributed by atoms with Gasteiger partial charge >= 0.3 is 6.18 Å². The fourth-order valence-corrected chi connectivity index (χ4v) is 2.84. The van der Waals surface area contributed by atoms with Crippen molar-refractivity contribution < 1.29 is 18.0 Å². The molecule has 1 unspecified atom stereocenters. The number of rotatable bonds is 5. The number of hydrogen-bond donors (Lipinski definition) is 1. The SMILES string of the molecule is CCCNC(=O)C(C)Sc1nc(C(F)(F)F)nc2ccccc12. The fraction of sp³-hybridized carbons (Fsp3) is 0.400. The third-order valence-electron chi connectivity index (χ3n) is 3.03. The Morgan fingerprint density at radius 1 is 1.30 bits per heavy atom. The van der Waals surface area contributed by atoms with E-state index in [1.54, 1.807) is 25.1 Å². The zero-order valence-electron chi connectivity index (χ0n) is 12.6. The number of carbonyl (C=O) groups excluding carboxylic acids is 1. The lowest BCUT2D eigenvalue weighted by molar-refractivity contribution is -0.145. The van der Waals surface area contributed by atoms with Crippen LogP contribution < -0.4 is 5.32 Å². The number of amides is 1. The number of hydrogen-bond acceptors (Lipinski definition) is 4. The van der Waals surface area contributed by atoms with Crippen LogP contribution in [0.5, 0.6) is 0 Å². The molecule has 124 valence electrons. The van der Waals surface area contributed by atoms with Crippen molar-refractivity contribution in [3.63, 3.8) is 0 Å². The molecule has 0 bridgehead atoms. The van der Waals surface area contributed by atoms with Crippen LogP contribution in [0.4, 0.5) is 13.2 Å². The number of nitrogens with one attached hydrogen (secondary N) is 1. The Kier molecular flexibility index (Phi) is 5.46. The molecule has 0 aliphatic heterocycles. The Balaban J connectivity index is 2.36. The van der Waals surface area contributed by atoms with Gasteiger partial charge in [-0.05, 0) is 19.4 Å². The lowest BCUT2D eigenvalue weighted by Crippen LogP contribution is -2.31. The van der Waals surface area contributed by atoms with Crippen LogP contribution in [0.15, 0.2) is 29.3 Å². The first-order chi connectivity index (χ1) is 10.8. The molecule has 4 nitrogen and oxygen atoms in total. The Labute approximate surface area is 135 Å². The second-order valence-corrected chi connectivity index (χ2v) is 6.25. The fourth-order valence-electron chi connectivity index (χ4n) is 1.88. The van der Waals surface area contributed by atoms with E-state index in [1.807, 2.05) is 6.92 Å². The average molecular weight is 343 g/mol. The maximum atomic E-state index is 12.9. The molecule has 1 heterocycles. The average Bonchev–Trinajstić information content (AvgIpc) is 2.51. The minimum atomic E-state index is -4.63. The normalized spacial score (nSPS) is 13.1. The first-order valence-electron chi connectivity index (χ1n) is 7.11. The molecule has 0 spiro atoms. The van der Waals surface area contributed by atoms with Gasteiger partial charge in [-0.3, -0.25) is 4.79 Å². The van der Waals surface area contributed by atoms with Crippen LogP contribution in [0.3, 0.4) is 0 Å². The van der Waals surface area contributed by atoms with Gasteiger partial charge in [0, 0.05) is 11.9 Å². The molecule has 1 aromatic heterocycles. The number of carbonyl (C=O) groups is 1. The molecule has 2 aromatic rings. The number of thioether (sulfide) groups is 1. The largest absolute Gasteiger partial charge is 0.451 e. The van der Waals surface area contributed by atoms with Crippen molar-refractivity contribution in [3.05, 3.63) is 30.1 Å². The van der Waals surface area contributed by atoms with Gasteiger partial charge in [0.1, 0.15) is 5.03 Å². The van der Waals surface area contributed by atoms with Gasteiger partial charge in [-0.2, -0.15) is 13.2 Å². The lowest BCUT2D eigenvalue weighted by atomic mass is 10.2. The van der Waals surface area contributed by atoms with Crippen LogP contribution in [-0.4, -0.2) is 27.7 Å². The predicted molar refractivity (Wildman–Crippen MR) is 83.2 cm³/mol. The van der Waals surface area contributed by atoms with E-state index in [1.165, 1.54) is 6.07 Å². The molecule has 1 aromatic carbocycles. The summed E-state index contributed by atoms with van der Waals surface area (Å²) in [5.41, 5.74) is 0.207. The van der Waals surface area contributed by atoms with Crippen molar-refractivity contribution >= 4 is 28.6 Å². The van der Waals surface area contributed by atoms with Crippen molar-refractivity contribution in [1.82, 2.24) is 15.3 Å². The van der Waals surface area contributed by atoms with Gasteiger partial charge in [-0.25, -0.2) is 9.97 Å². The van der Waals surface area contributed by atoms with Crippen molar-refractivity contribution in [1.29, 1.82) is 0 Å². The summed E-state index contributed by atoms with van der Waals surface area (Å²) in [6.45, 7) is 4.09. The first kappa shape index (κ1) is 17.5. The molecular weight excluding hydrogens is 327 g/mol. The highest BCUT2D eigenvalue weighted by Crippen LogP contribution is 2.33. The molecule has 8 heteroatoms. The molecule has 1 N–H and O–H groups in total. The minimum absolute atomic E-state index is 0.155. The summed E-state index contributed by atoms with van der Waals surface area (Å²) < 4.78 is 38.8. The smallest absolute Gasteiger partial charge is 0.355 e. The van der Waals surface area contributed by atoms with Crippen LogP contribution in [0.1, 0.15) is 26.1 Å². The second kappa shape index (κ2) is 7.16. The van der Waals surface area contributed by atoms with E-state index in [2.05, 4.69) is 15.3 Å². The summed E-state index contributed by atoms with van der Waals surface area (Å²) in [6, 6.07) is 6.46. The van der Waals surface area contributed by atoms with E-state index in [4.69, 9.17) is 0 Å². The van der Waals surface area contributed by atoms with Crippen molar-refractivity contribution in [2.45, 2.75) is 36.7 Å². The number of alkyl halides is 3. The summed E-state index contributed by atoms with van der Waals surface area (Å²) in [5, 5.41) is 2.82. The maximum absolute atomic E-state index is 12.9. The van der Waals surface area contributed by atoms with Gasteiger partial charge in [-0.15, -0.1) is 0 Å². The van der Waals surface area contributed by atoms with Crippen LogP contribution in [0.2, 0.25) is 0 Å². The molecule has 0 aliphatic rings. The molecule has 0 saturated heterocycles. The quantitative estimate of drug-likeness (QED) is 0.665. The highest BCUT2D eigenvalue weighted by molar-refractivity contribution is 8.00. The van der Waals surface area contributed by atoms with Gasteiger partial charge in [-0.1, -0.05) is 36.9 Å². The van der Waals surface area contributed by atoms with E-state index in [0.717, 1.165) is 18.2 Å². The van der Waals surface area contributed by atoms with Gasteiger partial charge < -0.3 is 5.32 Å². The Morgan fingerprint density at radius 3 is 2.65 bits per heavy atom. The Hall–Kier alpha value is -1.83. The molecule has 1 atom stereocenters. The summed E-state index contributed by atoms with van der Waals surface area (Å²) >= 11 is 0.999. The third kappa shape index (κ3) is 4.34. The summed E-state index contributed by atoms with van der Waals surface area (Å²) in [4.78, 5) is 19.1. The van der Waals surface area contributed by atoms with E-state index >= 15 is 0 Å². The first-order valence-corrected chi connectivity index (χ1v) is 7.99. The number of fused-ring (bicyclic) bond motifs is 1. The van der Waals surface area contributed by atoms with Crippen molar-refractivity contribution in [3.8, 4) is 0 Å². The molecule has 0 saturated carbocycles. The number of halogens is 3. The van der Waals surface area contributed by atoms with Gasteiger partial charge in [0.15, 0.2) is 0 Å². The lowest BCUT2D eigenvalue weighted by Gasteiger charge is -2.14. The monoisotopic (exact) mass is 343 g/mol. The summed E-state index contributed by atoms with van der Waals surface area (Å²) in [6.07, 6.45) is -3.84. The molecule has 1 amide bonds. The molecule has 23 heavy (non-hydrogen) atoms. The number of aromatic nitrogens is 2. The van der Waals surface area contributed by atoms with Crippen LogP contribution in [0.25, 0.3) is 10.9 Å². The molecule has 0 radical (unpaired) electrons.